The summed E-state index contributed by atoms with van der Waals surface area (Å²) >= 11 is 0. The van der Waals surface area contributed by atoms with E-state index < -0.39 is 33.4 Å². The maximum atomic E-state index is 14.5. The number of benzene rings is 4. The third-order valence-corrected chi connectivity index (χ3v) is 9.14. The van der Waals surface area contributed by atoms with E-state index in [2.05, 4.69) is 5.32 Å². The fraction of sp³-hybridized carbons (Fsp3) is 0.257. The van der Waals surface area contributed by atoms with Crippen molar-refractivity contribution in [1.82, 2.24) is 10.2 Å². The molecule has 1 atom stereocenters. The summed E-state index contributed by atoms with van der Waals surface area (Å²) in [5.41, 5.74) is 2.42. The molecule has 4 rings (SSSR count). The van der Waals surface area contributed by atoms with Gasteiger partial charge in [-0.15, -0.1) is 0 Å². The first-order chi connectivity index (χ1) is 22.0. The van der Waals surface area contributed by atoms with Crippen LogP contribution in [0.2, 0.25) is 0 Å². The predicted octanol–water partition coefficient (Wildman–Crippen LogP) is 5.51. The third kappa shape index (κ3) is 8.79. The van der Waals surface area contributed by atoms with Crippen LogP contribution in [0.15, 0.2) is 114 Å². The number of sulfonamides is 1. The van der Waals surface area contributed by atoms with Crippen molar-refractivity contribution in [1.29, 1.82) is 0 Å². The molecule has 0 spiro atoms. The molecule has 11 heteroatoms. The monoisotopic (exact) mass is 642 g/mol. The molecule has 0 bridgehead atoms. The van der Waals surface area contributed by atoms with Crippen molar-refractivity contribution in [3.05, 3.63) is 136 Å². The lowest BCUT2D eigenvalue weighted by Gasteiger charge is -2.34. The number of hydrogen-bond acceptors (Lipinski definition) is 6. The predicted molar refractivity (Wildman–Crippen MR) is 178 cm³/mol. The Morgan fingerprint density at radius 3 is 2.04 bits per heavy atom. The van der Waals surface area contributed by atoms with Crippen molar-refractivity contribution >= 4 is 33.2 Å². The Labute approximate surface area is 269 Å². The molecule has 0 heterocycles. The van der Waals surface area contributed by atoms with Gasteiger partial charge in [0.2, 0.25) is 11.8 Å². The summed E-state index contributed by atoms with van der Waals surface area (Å²) in [4.78, 5) is 40.4. The summed E-state index contributed by atoms with van der Waals surface area (Å²) in [5.74, 6) is -0.803. The number of hydrogen-bond donors (Lipinski definition) is 1. The molecule has 0 aliphatic heterocycles. The SMILES string of the molecule is Cc1cccc(CN(C(=O)CN(c2ccc([N+](=O)[O-])cc2)S(=O)(=O)c2ccccc2)[C@H](Cc2ccccc2)C(=O)NCC(C)C)c1. The van der Waals surface area contributed by atoms with Gasteiger partial charge in [0, 0.05) is 31.6 Å². The molecule has 0 fully saturated rings. The minimum absolute atomic E-state index is 0.0482. The number of anilines is 1. The summed E-state index contributed by atoms with van der Waals surface area (Å²) in [7, 11) is -4.31. The van der Waals surface area contributed by atoms with Gasteiger partial charge in [-0.1, -0.05) is 92.2 Å². The topological polar surface area (TPSA) is 130 Å². The molecule has 0 saturated carbocycles. The van der Waals surface area contributed by atoms with Crippen LogP contribution in [0.3, 0.4) is 0 Å². The van der Waals surface area contributed by atoms with Gasteiger partial charge in [0.1, 0.15) is 12.6 Å². The van der Waals surface area contributed by atoms with Gasteiger partial charge in [-0.25, -0.2) is 8.42 Å². The highest BCUT2D eigenvalue weighted by molar-refractivity contribution is 7.92. The maximum Gasteiger partial charge on any atom is 0.269 e. The van der Waals surface area contributed by atoms with E-state index in [1.807, 2.05) is 75.4 Å². The van der Waals surface area contributed by atoms with Gasteiger partial charge in [0.15, 0.2) is 0 Å². The van der Waals surface area contributed by atoms with Crippen molar-refractivity contribution in [3.63, 3.8) is 0 Å². The van der Waals surface area contributed by atoms with E-state index in [1.54, 1.807) is 18.2 Å². The van der Waals surface area contributed by atoms with Crippen molar-refractivity contribution < 1.29 is 22.9 Å². The number of carbonyl (C=O) groups is 2. The summed E-state index contributed by atoms with van der Waals surface area (Å²) in [6, 6.07) is 28.6. The lowest BCUT2D eigenvalue weighted by molar-refractivity contribution is -0.384. The van der Waals surface area contributed by atoms with Gasteiger partial charge >= 0.3 is 0 Å². The summed E-state index contributed by atoms with van der Waals surface area (Å²) in [6.07, 6.45) is 0.200. The van der Waals surface area contributed by atoms with E-state index in [9.17, 15) is 28.1 Å². The fourth-order valence-electron chi connectivity index (χ4n) is 4.97. The highest BCUT2D eigenvalue weighted by Gasteiger charge is 2.34. The fourth-order valence-corrected chi connectivity index (χ4v) is 6.41. The van der Waals surface area contributed by atoms with Crippen molar-refractivity contribution in [2.75, 3.05) is 17.4 Å². The zero-order chi connectivity index (χ0) is 33.3. The van der Waals surface area contributed by atoms with Crippen LogP contribution in [-0.4, -0.2) is 49.2 Å². The first-order valence-electron chi connectivity index (χ1n) is 14.9. The van der Waals surface area contributed by atoms with Gasteiger partial charge in [-0.05, 0) is 48.2 Å². The van der Waals surface area contributed by atoms with Crippen LogP contribution >= 0.6 is 0 Å². The van der Waals surface area contributed by atoms with E-state index in [-0.39, 0.29) is 41.1 Å². The van der Waals surface area contributed by atoms with Crippen molar-refractivity contribution in [3.8, 4) is 0 Å². The molecular weight excluding hydrogens is 604 g/mol. The minimum Gasteiger partial charge on any atom is -0.354 e. The van der Waals surface area contributed by atoms with Crippen molar-refractivity contribution in [2.24, 2.45) is 5.92 Å². The smallest absolute Gasteiger partial charge is 0.269 e. The van der Waals surface area contributed by atoms with Crippen LogP contribution in [0.25, 0.3) is 0 Å². The van der Waals surface area contributed by atoms with Gasteiger partial charge in [-0.3, -0.25) is 24.0 Å². The van der Waals surface area contributed by atoms with Crippen LogP contribution in [-0.2, 0) is 32.6 Å². The van der Waals surface area contributed by atoms with Crippen LogP contribution in [0.1, 0.15) is 30.5 Å². The number of aryl methyl sites for hydroxylation is 1. The van der Waals surface area contributed by atoms with Gasteiger partial charge in [0.05, 0.1) is 15.5 Å². The van der Waals surface area contributed by atoms with Gasteiger partial charge in [0.25, 0.3) is 15.7 Å². The molecule has 0 aliphatic carbocycles. The van der Waals surface area contributed by atoms with Gasteiger partial charge in [-0.2, -0.15) is 0 Å². The Balaban J connectivity index is 1.80. The second-order valence-electron chi connectivity index (χ2n) is 11.5. The van der Waals surface area contributed by atoms with E-state index in [0.29, 0.717) is 6.54 Å². The first-order valence-corrected chi connectivity index (χ1v) is 16.4. The molecule has 0 unspecified atom stereocenters. The number of rotatable bonds is 14. The highest BCUT2D eigenvalue weighted by atomic mass is 32.2. The highest BCUT2D eigenvalue weighted by Crippen LogP contribution is 2.27. The average molecular weight is 643 g/mol. The Morgan fingerprint density at radius 2 is 1.46 bits per heavy atom. The number of nitrogens with zero attached hydrogens (tertiary/aromatic N) is 3. The Kier molecular flexibility index (Phi) is 11.3. The summed E-state index contributed by atoms with van der Waals surface area (Å²) in [5, 5.41) is 14.3. The average Bonchev–Trinajstić information content (AvgIpc) is 3.05. The molecule has 0 saturated heterocycles. The molecule has 2 amide bonds. The van der Waals surface area contributed by atoms with Crippen LogP contribution in [0.4, 0.5) is 11.4 Å². The lowest BCUT2D eigenvalue weighted by atomic mass is 10.0. The zero-order valence-electron chi connectivity index (χ0n) is 26.1. The largest absolute Gasteiger partial charge is 0.354 e. The summed E-state index contributed by atoms with van der Waals surface area (Å²) < 4.78 is 29.0. The molecule has 4 aromatic carbocycles. The third-order valence-electron chi connectivity index (χ3n) is 7.35. The molecule has 240 valence electrons. The van der Waals surface area contributed by atoms with E-state index in [1.165, 1.54) is 41.3 Å². The molecule has 46 heavy (non-hydrogen) atoms. The number of amides is 2. The molecule has 0 radical (unpaired) electrons. The van der Waals surface area contributed by atoms with Gasteiger partial charge < -0.3 is 10.2 Å². The number of nitrogens with one attached hydrogen (secondary N) is 1. The standard InChI is InChI=1S/C35H38N4O6S/c1-26(2)23-36-35(41)33(22-28-12-6-4-7-13-28)37(24-29-14-10-11-27(3)21-29)34(40)25-38(30-17-19-31(20-18-30)39(42)43)46(44,45)32-15-8-5-9-16-32/h4-21,26,33H,22-25H2,1-3H3,(H,36,41)/t33-/m1/s1. The number of non-ortho nitro benzene ring substituents is 1. The summed E-state index contributed by atoms with van der Waals surface area (Å²) in [6.45, 7) is 5.66. The second-order valence-corrected chi connectivity index (χ2v) is 13.3. The maximum absolute atomic E-state index is 14.5. The van der Waals surface area contributed by atoms with Crippen LogP contribution < -0.4 is 9.62 Å². The molecule has 0 aliphatic rings. The van der Waals surface area contributed by atoms with Crippen LogP contribution in [0, 0.1) is 23.0 Å². The molecule has 4 aromatic rings. The first kappa shape index (κ1) is 33.9. The molecule has 10 nitrogen and oxygen atoms in total. The molecule has 1 N–H and O–H groups in total. The quantitative estimate of drug-likeness (QED) is 0.143. The minimum atomic E-state index is -4.31. The number of nitro benzene ring substituents is 1. The van der Waals surface area contributed by atoms with E-state index in [0.717, 1.165) is 21.0 Å². The number of nitro groups is 1. The Bertz CT molecular complexity index is 1750. The van der Waals surface area contributed by atoms with Crippen molar-refractivity contribution in [2.45, 2.75) is 44.7 Å². The number of carbonyl (C=O) groups excluding carboxylic acids is 2. The van der Waals surface area contributed by atoms with Crippen LogP contribution in [0.5, 0.6) is 0 Å². The lowest BCUT2D eigenvalue weighted by Crippen LogP contribution is -2.53. The molecule has 0 aromatic heterocycles. The normalized spacial score (nSPS) is 11.9. The van der Waals surface area contributed by atoms with E-state index >= 15 is 0 Å². The molecular formula is C35H38N4O6S. The Hall–Kier alpha value is -5.03. The van der Waals surface area contributed by atoms with E-state index in [4.69, 9.17) is 0 Å². The zero-order valence-corrected chi connectivity index (χ0v) is 26.9. The second kappa shape index (κ2) is 15.3. The Morgan fingerprint density at radius 1 is 0.848 bits per heavy atom.